The number of carbonyl (C=O) groups excluding carboxylic acids is 1. The molecule has 0 spiro atoms. The van der Waals surface area contributed by atoms with Gasteiger partial charge in [-0.3, -0.25) is 4.79 Å². The topological polar surface area (TPSA) is 17.1 Å². The van der Waals surface area contributed by atoms with E-state index in [4.69, 9.17) is 11.6 Å². The van der Waals surface area contributed by atoms with Crippen LogP contribution in [0.2, 0.25) is 0 Å². The second kappa shape index (κ2) is 6.36. The molecule has 0 N–H and O–H groups in total. The van der Waals surface area contributed by atoms with Crippen molar-refractivity contribution in [1.29, 1.82) is 0 Å². The van der Waals surface area contributed by atoms with Crippen LogP contribution in [-0.2, 0) is 10.2 Å². The zero-order valence-corrected chi connectivity index (χ0v) is 12.6. The molecule has 0 heterocycles. The van der Waals surface area contributed by atoms with E-state index >= 15 is 0 Å². The molecule has 0 aromatic heterocycles. The SMILES string of the molecule is O=C(Cl)C(CCBr)(c1[c-]cccc1)c1ccccc1. The van der Waals surface area contributed by atoms with Crippen molar-refractivity contribution in [3.63, 3.8) is 0 Å². The maximum absolute atomic E-state index is 12.2. The Hall–Kier alpha value is -1.12. The molecule has 2 rings (SSSR count). The molecule has 0 aliphatic rings. The van der Waals surface area contributed by atoms with Crippen LogP contribution in [0.1, 0.15) is 17.5 Å². The number of alkyl halides is 1. The molecule has 0 radical (unpaired) electrons. The van der Waals surface area contributed by atoms with Crippen molar-refractivity contribution in [2.75, 3.05) is 5.33 Å². The molecule has 98 valence electrons. The van der Waals surface area contributed by atoms with E-state index in [2.05, 4.69) is 22.0 Å². The first-order chi connectivity index (χ1) is 9.21. The lowest BCUT2D eigenvalue weighted by Gasteiger charge is -2.34. The Morgan fingerprint density at radius 3 is 2.37 bits per heavy atom. The fourth-order valence-corrected chi connectivity index (χ4v) is 3.18. The van der Waals surface area contributed by atoms with Gasteiger partial charge in [0.05, 0.1) is 5.41 Å². The number of rotatable bonds is 5. The lowest BCUT2D eigenvalue weighted by atomic mass is 9.73. The number of carbonyl (C=O) groups is 1. The van der Waals surface area contributed by atoms with Gasteiger partial charge in [-0.25, -0.2) is 0 Å². The van der Waals surface area contributed by atoms with Gasteiger partial charge >= 0.3 is 0 Å². The molecule has 1 unspecified atom stereocenters. The fourth-order valence-electron chi connectivity index (χ4n) is 2.28. The normalized spacial score (nSPS) is 13.8. The van der Waals surface area contributed by atoms with Crippen LogP contribution < -0.4 is 0 Å². The summed E-state index contributed by atoms with van der Waals surface area (Å²) in [5.74, 6) is 0. The van der Waals surface area contributed by atoms with E-state index in [9.17, 15) is 4.79 Å². The largest absolute Gasteiger partial charge is 0.280 e. The zero-order valence-electron chi connectivity index (χ0n) is 10.3. The van der Waals surface area contributed by atoms with Crippen molar-refractivity contribution in [3.8, 4) is 0 Å². The van der Waals surface area contributed by atoms with Gasteiger partial charge in [0.1, 0.15) is 0 Å². The van der Waals surface area contributed by atoms with Gasteiger partial charge in [-0.1, -0.05) is 46.3 Å². The van der Waals surface area contributed by atoms with Crippen LogP contribution in [0.4, 0.5) is 0 Å². The molecule has 0 aliphatic heterocycles. The summed E-state index contributed by atoms with van der Waals surface area (Å²) in [5.41, 5.74) is 0.866. The second-order valence-corrected chi connectivity index (χ2v) is 5.40. The third-order valence-electron chi connectivity index (χ3n) is 3.24. The Morgan fingerprint density at radius 1 is 1.16 bits per heavy atom. The highest BCUT2D eigenvalue weighted by atomic mass is 79.9. The van der Waals surface area contributed by atoms with Crippen LogP contribution in [0.25, 0.3) is 0 Å². The van der Waals surface area contributed by atoms with Crippen LogP contribution in [-0.4, -0.2) is 10.6 Å². The van der Waals surface area contributed by atoms with Gasteiger partial charge in [0.2, 0.25) is 5.24 Å². The van der Waals surface area contributed by atoms with Crippen LogP contribution in [0.3, 0.4) is 0 Å². The maximum Gasteiger partial charge on any atom is 0.234 e. The van der Waals surface area contributed by atoms with Gasteiger partial charge in [0.15, 0.2) is 0 Å². The van der Waals surface area contributed by atoms with Gasteiger partial charge in [-0.15, -0.1) is 5.56 Å². The monoisotopic (exact) mass is 335 g/mol. The average Bonchev–Trinajstić information content (AvgIpc) is 2.46. The Morgan fingerprint density at radius 2 is 1.84 bits per heavy atom. The number of hydrogen-bond donors (Lipinski definition) is 0. The van der Waals surface area contributed by atoms with Crippen molar-refractivity contribution in [3.05, 3.63) is 71.8 Å². The molecule has 0 saturated heterocycles. The standard InChI is InChI=1S/C16H13BrClO/c17-12-11-16(15(18)19,13-7-3-1-4-8-13)14-9-5-2-6-10-14/h1-9H,11-12H2/q-1. The predicted molar refractivity (Wildman–Crippen MR) is 81.8 cm³/mol. The first-order valence-corrected chi connectivity index (χ1v) is 7.50. The van der Waals surface area contributed by atoms with Gasteiger partial charge in [-0.05, 0) is 23.6 Å². The summed E-state index contributed by atoms with van der Waals surface area (Å²) in [6.07, 6.45) is 0.597. The van der Waals surface area contributed by atoms with Crippen molar-refractivity contribution in [2.45, 2.75) is 11.8 Å². The van der Waals surface area contributed by atoms with Gasteiger partial charge in [0.25, 0.3) is 0 Å². The van der Waals surface area contributed by atoms with Crippen LogP contribution >= 0.6 is 27.5 Å². The van der Waals surface area contributed by atoms with E-state index in [1.807, 2.05) is 48.5 Å². The minimum absolute atomic E-state index is 0.374. The molecule has 0 bridgehead atoms. The van der Waals surface area contributed by atoms with E-state index in [0.717, 1.165) is 11.1 Å². The van der Waals surface area contributed by atoms with Gasteiger partial charge in [-0.2, -0.15) is 30.3 Å². The smallest absolute Gasteiger partial charge is 0.234 e. The first kappa shape index (κ1) is 14.3. The quantitative estimate of drug-likeness (QED) is 0.451. The van der Waals surface area contributed by atoms with Gasteiger partial charge < -0.3 is 0 Å². The number of benzene rings is 2. The summed E-state index contributed by atoms with van der Waals surface area (Å²) in [6, 6.07) is 20.3. The summed E-state index contributed by atoms with van der Waals surface area (Å²) in [5, 5.41) is 0.309. The Kier molecular flexibility index (Phi) is 4.78. The predicted octanol–water partition coefficient (Wildman–Crippen LogP) is 4.32. The highest BCUT2D eigenvalue weighted by molar-refractivity contribution is 9.09. The summed E-state index contributed by atoms with van der Waals surface area (Å²) < 4.78 is 0. The van der Waals surface area contributed by atoms with E-state index in [1.54, 1.807) is 6.07 Å². The molecule has 3 heteroatoms. The molecule has 19 heavy (non-hydrogen) atoms. The van der Waals surface area contributed by atoms with E-state index < -0.39 is 5.41 Å². The van der Waals surface area contributed by atoms with E-state index in [1.165, 1.54) is 0 Å². The maximum atomic E-state index is 12.2. The molecular weight excluding hydrogens is 324 g/mol. The lowest BCUT2D eigenvalue weighted by molar-refractivity contribution is -0.115. The highest BCUT2D eigenvalue weighted by Crippen LogP contribution is 2.38. The zero-order chi connectivity index (χ0) is 13.7. The molecular formula is C16H13BrClO-. The summed E-state index contributed by atoms with van der Waals surface area (Å²) in [4.78, 5) is 12.2. The molecule has 0 aliphatic carbocycles. The van der Waals surface area contributed by atoms with Crippen molar-refractivity contribution in [2.24, 2.45) is 0 Å². The fraction of sp³-hybridized carbons (Fsp3) is 0.188. The Labute approximate surface area is 126 Å². The Bertz CT molecular complexity index is 500. The summed E-state index contributed by atoms with van der Waals surface area (Å²) in [7, 11) is 0. The van der Waals surface area contributed by atoms with Crippen molar-refractivity contribution in [1.82, 2.24) is 0 Å². The number of hydrogen-bond acceptors (Lipinski definition) is 1. The van der Waals surface area contributed by atoms with Crippen molar-refractivity contribution >= 4 is 32.8 Å². The highest BCUT2D eigenvalue weighted by Gasteiger charge is 2.37. The molecule has 0 amide bonds. The summed E-state index contributed by atoms with van der Waals surface area (Å²) >= 11 is 9.39. The van der Waals surface area contributed by atoms with Crippen LogP contribution in [0.5, 0.6) is 0 Å². The molecule has 1 nitrogen and oxygen atoms in total. The Balaban J connectivity index is 2.65. The van der Waals surface area contributed by atoms with Crippen LogP contribution in [0.15, 0.2) is 54.6 Å². The van der Waals surface area contributed by atoms with Crippen LogP contribution in [0, 0.1) is 6.07 Å². The molecule has 2 aromatic rings. The first-order valence-electron chi connectivity index (χ1n) is 6.00. The average molecular weight is 337 g/mol. The van der Waals surface area contributed by atoms with E-state index in [-0.39, 0.29) is 5.24 Å². The van der Waals surface area contributed by atoms with Gasteiger partial charge in [0, 0.05) is 5.33 Å². The third kappa shape index (κ3) is 2.75. The van der Waals surface area contributed by atoms with Crippen molar-refractivity contribution < 1.29 is 4.79 Å². The minimum atomic E-state index is -0.840. The second-order valence-electron chi connectivity index (χ2n) is 4.26. The molecule has 1 atom stereocenters. The summed E-state index contributed by atoms with van der Waals surface area (Å²) in [6.45, 7) is 0. The number of halogens is 2. The lowest BCUT2D eigenvalue weighted by Crippen LogP contribution is -2.35. The molecule has 2 aromatic carbocycles. The third-order valence-corrected chi connectivity index (χ3v) is 3.96. The molecule has 0 fully saturated rings. The van der Waals surface area contributed by atoms with E-state index in [0.29, 0.717) is 11.8 Å². The molecule has 0 saturated carbocycles. The minimum Gasteiger partial charge on any atom is -0.280 e.